The standard InChI is InChI=1S/C10H17N3O/c1-8(5-11)7-13(2)10(14)6-12-9-3-4-9/h8-9,12H,3-4,6-7H2,1-2H3. The van der Waals surface area contributed by atoms with Crippen LogP contribution in [0, 0.1) is 17.2 Å². The Morgan fingerprint density at radius 1 is 1.71 bits per heavy atom. The van der Waals surface area contributed by atoms with E-state index in [4.69, 9.17) is 5.26 Å². The van der Waals surface area contributed by atoms with Gasteiger partial charge in [0.1, 0.15) is 0 Å². The van der Waals surface area contributed by atoms with Gasteiger partial charge in [0.15, 0.2) is 0 Å². The second-order valence-electron chi connectivity index (χ2n) is 3.96. The first kappa shape index (κ1) is 11.0. The van der Waals surface area contributed by atoms with Crippen LogP contribution in [-0.4, -0.2) is 37.0 Å². The SMILES string of the molecule is CC(C#N)CN(C)C(=O)CNC1CC1. The molecule has 4 nitrogen and oxygen atoms in total. The molecule has 1 aliphatic carbocycles. The van der Waals surface area contributed by atoms with Crippen molar-refractivity contribution in [3.05, 3.63) is 0 Å². The lowest BCUT2D eigenvalue weighted by Gasteiger charge is -2.18. The number of rotatable bonds is 5. The van der Waals surface area contributed by atoms with Gasteiger partial charge in [0.2, 0.25) is 5.91 Å². The summed E-state index contributed by atoms with van der Waals surface area (Å²) >= 11 is 0. The highest BCUT2D eigenvalue weighted by molar-refractivity contribution is 5.78. The van der Waals surface area contributed by atoms with Crippen molar-refractivity contribution in [1.29, 1.82) is 5.26 Å². The van der Waals surface area contributed by atoms with E-state index in [1.165, 1.54) is 12.8 Å². The summed E-state index contributed by atoms with van der Waals surface area (Å²) in [5, 5.41) is 11.7. The molecular formula is C10H17N3O. The number of carbonyl (C=O) groups is 1. The molecule has 14 heavy (non-hydrogen) atoms. The van der Waals surface area contributed by atoms with Gasteiger partial charge in [-0.3, -0.25) is 4.79 Å². The van der Waals surface area contributed by atoms with Crippen molar-refractivity contribution in [1.82, 2.24) is 10.2 Å². The Kier molecular flexibility index (Phi) is 3.90. The van der Waals surface area contributed by atoms with Crippen LogP contribution in [0.5, 0.6) is 0 Å². The van der Waals surface area contributed by atoms with Crippen molar-refractivity contribution in [2.45, 2.75) is 25.8 Å². The molecule has 0 spiro atoms. The lowest BCUT2D eigenvalue weighted by atomic mass is 10.2. The minimum Gasteiger partial charge on any atom is -0.343 e. The van der Waals surface area contributed by atoms with Gasteiger partial charge in [-0.2, -0.15) is 5.26 Å². The number of amides is 1. The van der Waals surface area contributed by atoms with E-state index in [2.05, 4.69) is 11.4 Å². The molecule has 1 atom stereocenters. The predicted molar refractivity (Wildman–Crippen MR) is 53.4 cm³/mol. The van der Waals surface area contributed by atoms with E-state index in [9.17, 15) is 4.79 Å². The molecule has 1 amide bonds. The number of carbonyl (C=O) groups excluding carboxylic acids is 1. The normalized spacial score (nSPS) is 17.2. The third kappa shape index (κ3) is 3.75. The quantitative estimate of drug-likeness (QED) is 0.689. The lowest BCUT2D eigenvalue weighted by Crippen LogP contribution is -2.38. The minimum atomic E-state index is -0.0927. The molecular weight excluding hydrogens is 178 g/mol. The number of hydrogen-bond donors (Lipinski definition) is 1. The minimum absolute atomic E-state index is 0.0685. The fourth-order valence-electron chi connectivity index (χ4n) is 1.21. The zero-order valence-corrected chi connectivity index (χ0v) is 8.79. The number of nitriles is 1. The predicted octanol–water partition coefficient (Wildman–Crippen LogP) is 0.356. The van der Waals surface area contributed by atoms with E-state index in [0.717, 1.165) is 0 Å². The molecule has 0 heterocycles. The van der Waals surface area contributed by atoms with Gasteiger partial charge in [-0.1, -0.05) is 0 Å². The Hall–Kier alpha value is -1.08. The summed E-state index contributed by atoms with van der Waals surface area (Å²) < 4.78 is 0. The second-order valence-corrected chi connectivity index (χ2v) is 3.96. The van der Waals surface area contributed by atoms with Crippen LogP contribution in [0.1, 0.15) is 19.8 Å². The molecule has 1 fully saturated rings. The van der Waals surface area contributed by atoms with Crippen molar-refractivity contribution in [2.75, 3.05) is 20.1 Å². The van der Waals surface area contributed by atoms with Gasteiger partial charge in [0.25, 0.3) is 0 Å². The summed E-state index contributed by atoms with van der Waals surface area (Å²) in [6, 6.07) is 2.67. The Morgan fingerprint density at radius 2 is 2.36 bits per heavy atom. The average molecular weight is 195 g/mol. The summed E-state index contributed by atoms with van der Waals surface area (Å²) in [5.74, 6) is -0.0242. The molecule has 1 saturated carbocycles. The number of nitrogens with zero attached hydrogens (tertiary/aromatic N) is 2. The second kappa shape index (κ2) is 4.97. The first-order chi connectivity index (χ1) is 6.63. The number of nitrogens with one attached hydrogen (secondary N) is 1. The van der Waals surface area contributed by atoms with E-state index >= 15 is 0 Å². The molecule has 1 N–H and O–H groups in total. The largest absolute Gasteiger partial charge is 0.343 e. The molecule has 4 heteroatoms. The maximum absolute atomic E-state index is 11.5. The zero-order chi connectivity index (χ0) is 10.6. The van der Waals surface area contributed by atoms with Crippen LogP contribution in [0.4, 0.5) is 0 Å². The van der Waals surface area contributed by atoms with E-state index < -0.39 is 0 Å². The summed E-state index contributed by atoms with van der Waals surface area (Å²) in [6.45, 7) is 2.74. The molecule has 78 valence electrons. The highest BCUT2D eigenvalue weighted by Crippen LogP contribution is 2.18. The van der Waals surface area contributed by atoms with Crippen molar-refractivity contribution in [3.63, 3.8) is 0 Å². The smallest absolute Gasteiger partial charge is 0.236 e. The van der Waals surface area contributed by atoms with Crippen LogP contribution in [0.3, 0.4) is 0 Å². The topological polar surface area (TPSA) is 56.1 Å². The van der Waals surface area contributed by atoms with E-state index in [1.54, 1.807) is 11.9 Å². The first-order valence-electron chi connectivity index (χ1n) is 5.00. The molecule has 1 unspecified atom stereocenters. The van der Waals surface area contributed by atoms with Gasteiger partial charge >= 0.3 is 0 Å². The van der Waals surface area contributed by atoms with E-state index in [-0.39, 0.29) is 11.8 Å². The Balaban J connectivity index is 2.17. The highest BCUT2D eigenvalue weighted by atomic mass is 16.2. The third-order valence-electron chi connectivity index (χ3n) is 2.31. The maximum Gasteiger partial charge on any atom is 0.236 e. The maximum atomic E-state index is 11.5. The van der Waals surface area contributed by atoms with E-state index in [1.807, 2.05) is 6.92 Å². The lowest BCUT2D eigenvalue weighted by molar-refractivity contribution is -0.129. The Labute approximate surface area is 84.9 Å². The Bertz CT molecular complexity index is 242. The molecule has 0 aromatic carbocycles. The molecule has 0 saturated heterocycles. The van der Waals surface area contributed by atoms with Gasteiger partial charge in [-0.25, -0.2) is 0 Å². The van der Waals surface area contributed by atoms with Gasteiger partial charge in [0, 0.05) is 19.6 Å². The average Bonchev–Trinajstić information content (AvgIpc) is 2.97. The number of hydrogen-bond acceptors (Lipinski definition) is 3. The monoisotopic (exact) mass is 195 g/mol. The summed E-state index contributed by atoms with van der Waals surface area (Å²) in [6.07, 6.45) is 2.37. The van der Waals surface area contributed by atoms with Gasteiger partial charge < -0.3 is 10.2 Å². The highest BCUT2D eigenvalue weighted by Gasteiger charge is 2.22. The first-order valence-corrected chi connectivity index (χ1v) is 5.00. The fourth-order valence-corrected chi connectivity index (χ4v) is 1.21. The third-order valence-corrected chi connectivity index (χ3v) is 2.31. The van der Waals surface area contributed by atoms with Gasteiger partial charge in [-0.15, -0.1) is 0 Å². The van der Waals surface area contributed by atoms with Crippen LogP contribution < -0.4 is 5.32 Å². The van der Waals surface area contributed by atoms with Crippen LogP contribution in [-0.2, 0) is 4.79 Å². The molecule has 1 aliphatic rings. The van der Waals surface area contributed by atoms with Gasteiger partial charge in [-0.05, 0) is 19.8 Å². The van der Waals surface area contributed by atoms with Crippen LogP contribution in [0.2, 0.25) is 0 Å². The number of likely N-dealkylation sites (N-methyl/N-ethyl adjacent to an activating group) is 1. The fraction of sp³-hybridized carbons (Fsp3) is 0.800. The molecule has 0 bridgehead atoms. The van der Waals surface area contributed by atoms with Crippen molar-refractivity contribution >= 4 is 5.91 Å². The zero-order valence-electron chi connectivity index (χ0n) is 8.79. The van der Waals surface area contributed by atoms with Crippen LogP contribution in [0.15, 0.2) is 0 Å². The molecule has 1 rings (SSSR count). The summed E-state index contributed by atoms with van der Waals surface area (Å²) in [7, 11) is 1.74. The Morgan fingerprint density at radius 3 is 2.86 bits per heavy atom. The van der Waals surface area contributed by atoms with Crippen LogP contribution in [0.25, 0.3) is 0 Å². The van der Waals surface area contributed by atoms with E-state index in [0.29, 0.717) is 19.1 Å². The summed E-state index contributed by atoms with van der Waals surface area (Å²) in [4.78, 5) is 13.1. The van der Waals surface area contributed by atoms with Gasteiger partial charge in [0.05, 0.1) is 18.5 Å². The van der Waals surface area contributed by atoms with Crippen LogP contribution >= 0.6 is 0 Å². The van der Waals surface area contributed by atoms with Crippen molar-refractivity contribution in [3.8, 4) is 6.07 Å². The molecule has 0 aromatic rings. The molecule has 0 aromatic heterocycles. The molecule has 0 aliphatic heterocycles. The molecule has 0 radical (unpaired) electrons. The van der Waals surface area contributed by atoms with Crippen molar-refractivity contribution < 1.29 is 4.79 Å². The van der Waals surface area contributed by atoms with Crippen molar-refractivity contribution in [2.24, 2.45) is 5.92 Å². The summed E-state index contributed by atoms with van der Waals surface area (Å²) in [5.41, 5.74) is 0.